The first kappa shape index (κ1) is 18.8. The van der Waals surface area contributed by atoms with Gasteiger partial charge in [0.05, 0.1) is 6.54 Å². The molecule has 1 heterocycles. The molecule has 5 nitrogen and oxygen atoms in total. The smallest absolute Gasteiger partial charge is 0.254 e. The van der Waals surface area contributed by atoms with E-state index in [0.29, 0.717) is 12.1 Å². The van der Waals surface area contributed by atoms with Crippen molar-refractivity contribution >= 4 is 17.7 Å². The normalized spacial score (nSPS) is 14.1. The molecule has 3 rings (SSSR count). The molecule has 0 spiro atoms. The number of imide groups is 1. The first-order valence-corrected chi connectivity index (χ1v) is 9.22. The summed E-state index contributed by atoms with van der Waals surface area (Å²) in [5.74, 6) is -0.295. The van der Waals surface area contributed by atoms with Crippen molar-refractivity contribution in [3.8, 4) is 0 Å². The maximum absolute atomic E-state index is 13.0. The molecule has 2 aromatic rings. The quantitative estimate of drug-likeness (QED) is 0.738. The van der Waals surface area contributed by atoms with Gasteiger partial charge in [0.2, 0.25) is 11.8 Å². The molecular weight excluding hydrogens is 340 g/mol. The zero-order chi connectivity index (χ0) is 19.4. The van der Waals surface area contributed by atoms with Crippen LogP contribution in [0, 0.1) is 0 Å². The predicted molar refractivity (Wildman–Crippen MR) is 103 cm³/mol. The van der Waals surface area contributed by atoms with Gasteiger partial charge in [0.25, 0.3) is 5.91 Å². The van der Waals surface area contributed by atoms with E-state index in [4.69, 9.17) is 0 Å². The van der Waals surface area contributed by atoms with Gasteiger partial charge in [-0.05, 0) is 37.1 Å². The summed E-state index contributed by atoms with van der Waals surface area (Å²) in [5, 5.41) is 0. The molecule has 1 aliphatic heterocycles. The largest absolute Gasteiger partial charge is 0.332 e. The van der Waals surface area contributed by atoms with Crippen LogP contribution in [0.15, 0.2) is 54.6 Å². The maximum atomic E-state index is 13.0. The molecule has 140 valence electrons. The highest BCUT2D eigenvalue weighted by molar-refractivity contribution is 6.01. The Morgan fingerprint density at radius 1 is 0.926 bits per heavy atom. The van der Waals surface area contributed by atoms with E-state index in [0.717, 1.165) is 11.1 Å². The topological polar surface area (TPSA) is 57.7 Å². The predicted octanol–water partition coefficient (Wildman–Crippen LogP) is 3.39. The van der Waals surface area contributed by atoms with Crippen molar-refractivity contribution in [2.24, 2.45) is 0 Å². The van der Waals surface area contributed by atoms with Crippen LogP contribution in [0.25, 0.3) is 0 Å². The summed E-state index contributed by atoms with van der Waals surface area (Å²) in [6.45, 7) is 4.82. The van der Waals surface area contributed by atoms with Crippen molar-refractivity contribution in [1.29, 1.82) is 0 Å². The Hall–Kier alpha value is -2.95. The average Bonchev–Trinajstić information content (AvgIpc) is 2.99. The highest BCUT2D eigenvalue weighted by Gasteiger charge is 2.28. The molecule has 0 radical (unpaired) electrons. The minimum Gasteiger partial charge on any atom is -0.332 e. The number of carbonyl (C=O) groups is 3. The van der Waals surface area contributed by atoms with Crippen LogP contribution < -0.4 is 0 Å². The Bertz CT molecular complexity index is 812. The lowest BCUT2D eigenvalue weighted by Gasteiger charge is -2.27. The van der Waals surface area contributed by atoms with Gasteiger partial charge >= 0.3 is 0 Å². The van der Waals surface area contributed by atoms with Gasteiger partial charge in [0.15, 0.2) is 0 Å². The molecule has 27 heavy (non-hydrogen) atoms. The molecule has 2 aromatic carbocycles. The van der Waals surface area contributed by atoms with E-state index in [2.05, 4.69) is 0 Å². The van der Waals surface area contributed by atoms with Crippen LogP contribution in [0.4, 0.5) is 0 Å². The molecule has 3 amide bonds. The molecule has 1 fully saturated rings. The fourth-order valence-corrected chi connectivity index (χ4v) is 3.17. The van der Waals surface area contributed by atoms with Crippen molar-refractivity contribution in [2.45, 2.75) is 45.8 Å². The summed E-state index contributed by atoms with van der Waals surface area (Å²) in [5.41, 5.74) is 2.53. The van der Waals surface area contributed by atoms with E-state index in [1.54, 1.807) is 12.1 Å². The monoisotopic (exact) mass is 364 g/mol. The standard InChI is InChI=1S/C22H24N2O3/c1-16(2)23(14-17-6-4-3-5-7-17)22(27)19-10-8-18(9-11-19)15-24-20(25)12-13-21(24)26/h3-11,16H,12-15H2,1-2H3. The average molecular weight is 364 g/mol. The summed E-state index contributed by atoms with van der Waals surface area (Å²) in [7, 11) is 0. The van der Waals surface area contributed by atoms with Crippen molar-refractivity contribution < 1.29 is 14.4 Å². The number of amides is 3. The number of rotatable bonds is 6. The minimum atomic E-state index is -0.131. The summed E-state index contributed by atoms with van der Waals surface area (Å²) in [6.07, 6.45) is 0.580. The molecule has 0 saturated carbocycles. The molecule has 5 heteroatoms. The van der Waals surface area contributed by atoms with Crippen molar-refractivity contribution in [2.75, 3.05) is 0 Å². The number of benzene rings is 2. The van der Waals surface area contributed by atoms with Gasteiger partial charge in [-0.15, -0.1) is 0 Å². The van der Waals surface area contributed by atoms with E-state index < -0.39 is 0 Å². The van der Waals surface area contributed by atoms with E-state index in [1.165, 1.54) is 4.90 Å². The van der Waals surface area contributed by atoms with Gasteiger partial charge in [-0.2, -0.15) is 0 Å². The van der Waals surface area contributed by atoms with Crippen LogP contribution in [0.5, 0.6) is 0 Å². The second-order valence-corrected chi connectivity index (χ2v) is 7.08. The lowest BCUT2D eigenvalue weighted by Crippen LogP contribution is -2.36. The Morgan fingerprint density at radius 3 is 2.07 bits per heavy atom. The summed E-state index contributed by atoms with van der Waals surface area (Å²) >= 11 is 0. The molecule has 0 unspecified atom stereocenters. The number of hydrogen-bond acceptors (Lipinski definition) is 3. The van der Waals surface area contributed by atoms with Gasteiger partial charge in [0.1, 0.15) is 0 Å². The molecule has 1 aliphatic rings. The van der Waals surface area contributed by atoms with E-state index in [1.807, 2.05) is 61.2 Å². The fraction of sp³-hybridized carbons (Fsp3) is 0.318. The number of carbonyl (C=O) groups excluding carboxylic acids is 3. The summed E-state index contributed by atoms with van der Waals surface area (Å²) in [4.78, 5) is 39.6. The Kier molecular flexibility index (Phi) is 5.69. The molecule has 1 saturated heterocycles. The third kappa shape index (κ3) is 4.42. The fourth-order valence-electron chi connectivity index (χ4n) is 3.17. The zero-order valence-corrected chi connectivity index (χ0v) is 15.7. The van der Waals surface area contributed by atoms with Crippen LogP contribution in [0.3, 0.4) is 0 Å². The Labute approximate surface area is 159 Å². The van der Waals surface area contributed by atoms with E-state index >= 15 is 0 Å². The van der Waals surface area contributed by atoms with Gasteiger partial charge in [-0.1, -0.05) is 42.5 Å². The Morgan fingerprint density at radius 2 is 1.52 bits per heavy atom. The molecule has 0 N–H and O–H groups in total. The Balaban J connectivity index is 1.71. The second kappa shape index (κ2) is 8.16. The molecular formula is C22H24N2O3. The van der Waals surface area contributed by atoms with Gasteiger partial charge in [0, 0.05) is 31.0 Å². The highest BCUT2D eigenvalue weighted by atomic mass is 16.2. The van der Waals surface area contributed by atoms with E-state index in [9.17, 15) is 14.4 Å². The molecule has 0 aromatic heterocycles. The third-order valence-electron chi connectivity index (χ3n) is 4.78. The summed E-state index contributed by atoms with van der Waals surface area (Å²) < 4.78 is 0. The summed E-state index contributed by atoms with van der Waals surface area (Å²) in [6, 6.07) is 17.1. The van der Waals surface area contributed by atoms with Gasteiger partial charge in [-0.25, -0.2) is 0 Å². The number of nitrogens with zero attached hydrogens (tertiary/aromatic N) is 2. The second-order valence-electron chi connectivity index (χ2n) is 7.08. The zero-order valence-electron chi connectivity index (χ0n) is 15.7. The van der Waals surface area contributed by atoms with Crippen molar-refractivity contribution in [3.05, 3.63) is 71.3 Å². The lowest BCUT2D eigenvalue weighted by atomic mass is 10.1. The van der Waals surface area contributed by atoms with Crippen molar-refractivity contribution in [3.63, 3.8) is 0 Å². The van der Waals surface area contributed by atoms with Crippen LogP contribution >= 0.6 is 0 Å². The SMILES string of the molecule is CC(C)N(Cc1ccccc1)C(=O)c1ccc(CN2C(=O)CCC2=O)cc1. The molecule has 0 aliphatic carbocycles. The minimum absolute atomic E-state index is 0.0336. The van der Waals surface area contributed by atoms with E-state index in [-0.39, 0.29) is 43.1 Å². The maximum Gasteiger partial charge on any atom is 0.254 e. The van der Waals surface area contributed by atoms with Crippen LogP contribution in [0.2, 0.25) is 0 Å². The lowest BCUT2D eigenvalue weighted by molar-refractivity contribution is -0.139. The van der Waals surface area contributed by atoms with Crippen LogP contribution in [-0.2, 0) is 22.7 Å². The first-order valence-electron chi connectivity index (χ1n) is 9.22. The molecule has 0 atom stereocenters. The van der Waals surface area contributed by atoms with Crippen molar-refractivity contribution in [1.82, 2.24) is 9.80 Å². The highest BCUT2D eigenvalue weighted by Crippen LogP contribution is 2.18. The number of hydrogen-bond donors (Lipinski definition) is 0. The number of likely N-dealkylation sites (tertiary alicyclic amines) is 1. The van der Waals surface area contributed by atoms with Crippen LogP contribution in [-0.4, -0.2) is 33.6 Å². The first-order chi connectivity index (χ1) is 13.0. The van der Waals surface area contributed by atoms with Gasteiger partial charge < -0.3 is 4.90 Å². The van der Waals surface area contributed by atoms with Crippen LogP contribution in [0.1, 0.15) is 48.2 Å². The van der Waals surface area contributed by atoms with Gasteiger partial charge in [-0.3, -0.25) is 19.3 Å². The third-order valence-corrected chi connectivity index (χ3v) is 4.78. The molecule has 0 bridgehead atoms.